The molecule has 5 heteroatoms. The highest BCUT2D eigenvalue weighted by Gasteiger charge is 2.13. The number of benzene rings is 1. The standard InChI is InChI=1S/C15H20N2O3/c1-3-7-17(8-4-2)14(18)10-11-5-6-13-12(9-11)16-15(19)20-13/h5-6,9H,3-4,7-8,10H2,1-2H3,(H,16,19). The lowest BCUT2D eigenvalue weighted by Crippen LogP contribution is -2.33. The highest BCUT2D eigenvalue weighted by atomic mass is 16.4. The molecule has 1 amide bonds. The number of hydrogen-bond donors (Lipinski definition) is 1. The Morgan fingerprint density at radius 3 is 2.60 bits per heavy atom. The summed E-state index contributed by atoms with van der Waals surface area (Å²) in [5.74, 6) is -0.346. The quantitative estimate of drug-likeness (QED) is 0.880. The molecule has 0 saturated heterocycles. The van der Waals surface area contributed by atoms with E-state index in [1.165, 1.54) is 0 Å². The van der Waals surface area contributed by atoms with E-state index in [9.17, 15) is 9.59 Å². The first kappa shape index (κ1) is 14.4. The SMILES string of the molecule is CCCN(CCC)C(=O)Cc1ccc2oc(=O)[nH]c2c1. The van der Waals surface area contributed by atoms with Crippen molar-refractivity contribution in [2.24, 2.45) is 0 Å². The molecule has 0 atom stereocenters. The van der Waals surface area contributed by atoms with Crippen molar-refractivity contribution in [3.8, 4) is 0 Å². The van der Waals surface area contributed by atoms with E-state index < -0.39 is 5.76 Å². The molecule has 0 radical (unpaired) electrons. The van der Waals surface area contributed by atoms with Gasteiger partial charge in [0.05, 0.1) is 11.9 Å². The monoisotopic (exact) mass is 276 g/mol. The van der Waals surface area contributed by atoms with Crippen molar-refractivity contribution in [3.63, 3.8) is 0 Å². The van der Waals surface area contributed by atoms with Gasteiger partial charge in [-0.3, -0.25) is 9.78 Å². The largest absolute Gasteiger partial charge is 0.417 e. The lowest BCUT2D eigenvalue weighted by atomic mass is 10.1. The summed E-state index contributed by atoms with van der Waals surface area (Å²) >= 11 is 0. The molecule has 0 spiro atoms. The molecule has 2 rings (SSSR count). The zero-order valence-corrected chi connectivity index (χ0v) is 11.9. The molecular weight excluding hydrogens is 256 g/mol. The molecule has 1 heterocycles. The van der Waals surface area contributed by atoms with E-state index in [0.717, 1.165) is 31.5 Å². The molecule has 0 aliphatic carbocycles. The second-order valence-electron chi connectivity index (χ2n) is 4.90. The topological polar surface area (TPSA) is 66.3 Å². The summed E-state index contributed by atoms with van der Waals surface area (Å²) in [6.45, 7) is 5.71. The van der Waals surface area contributed by atoms with Crippen LogP contribution in [0.25, 0.3) is 11.1 Å². The first-order valence-corrected chi connectivity index (χ1v) is 7.03. The van der Waals surface area contributed by atoms with E-state index in [-0.39, 0.29) is 5.91 Å². The molecule has 0 bridgehead atoms. The summed E-state index contributed by atoms with van der Waals surface area (Å²) in [5, 5.41) is 0. The second-order valence-corrected chi connectivity index (χ2v) is 4.90. The normalized spacial score (nSPS) is 10.9. The van der Waals surface area contributed by atoms with Crippen molar-refractivity contribution in [3.05, 3.63) is 34.3 Å². The smallest absolute Gasteiger partial charge is 0.408 e. The van der Waals surface area contributed by atoms with Gasteiger partial charge in [0.1, 0.15) is 0 Å². The molecule has 108 valence electrons. The van der Waals surface area contributed by atoms with Gasteiger partial charge < -0.3 is 9.32 Å². The number of oxazole rings is 1. The summed E-state index contributed by atoms with van der Waals surface area (Å²) in [7, 11) is 0. The van der Waals surface area contributed by atoms with E-state index in [0.29, 0.717) is 17.5 Å². The number of hydrogen-bond acceptors (Lipinski definition) is 3. The predicted octanol–water partition coefficient (Wildman–Crippen LogP) is 2.31. The first-order chi connectivity index (χ1) is 9.63. The summed E-state index contributed by atoms with van der Waals surface area (Å²) in [4.78, 5) is 27.9. The van der Waals surface area contributed by atoms with Gasteiger partial charge in [0.25, 0.3) is 0 Å². The number of nitrogens with one attached hydrogen (secondary N) is 1. The third-order valence-electron chi connectivity index (χ3n) is 3.18. The Morgan fingerprint density at radius 1 is 1.25 bits per heavy atom. The third-order valence-corrected chi connectivity index (χ3v) is 3.18. The van der Waals surface area contributed by atoms with E-state index in [4.69, 9.17) is 4.42 Å². The summed E-state index contributed by atoms with van der Waals surface area (Å²) in [6, 6.07) is 5.35. The minimum atomic E-state index is -0.470. The average Bonchev–Trinajstić information content (AvgIpc) is 2.77. The number of rotatable bonds is 6. The van der Waals surface area contributed by atoms with Gasteiger partial charge in [-0.1, -0.05) is 19.9 Å². The highest BCUT2D eigenvalue weighted by Crippen LogP contribution is 2.13. The molecule has 20 heavy (non-hydrogen) atoms. The van der Waals surface area contributed by atoms with Gasteiger partial charge in [0, 0.05) is 13.1 Å². The van der Waals surface area contributed by atoms with Crippen LogP contribution < -0.4 is 5.76 Å². The molecule has 0 unspecified atom stereocenters. The maximum atomic E-state index is 12.3. The fourth-order valence-corrected chi connectivity index (χ4v) is 2.30. The van der Waals surface area contributed by atoms with Gasteiger partial charge >= 0.3 is 5.76 Å². The second kappa shape index (κ2) is 6.41. The number of aromatic amines is 1. The molecule has 5 nitrogen and oxygen atoms in total. The van der Waals surface area contributed by atoms with Crippen molar-refractivity contribution >= 4 is 17.0 Å². The van der Waals surface area contributed by atoms with Crippen LogP contribution in [-0.2, 0) is 11.2 Å². The first-order valence-electron chi connectivity index (χ1n) is 7.03. The Bertz CT molecular complexity index is 636. The Kier molecular flexibility index (Phi) is 4.61. The van der Waals surface area contributed by atoms with E-state index in [1.54, 1.807) is 12.1 Å². The molecule has 0 aliphatic rings. The molecular formula is C15H20N2O3. The number of carbonyl (C=O) groups is 1. The Labute approximate surface area is 117 Å². The average molecular weight is 276 g/mol. The molecule has 2 aromatic rings. The molecule has 0 fully saturated rings. The number of H-pyrrole nitrogens is 1. The maximum Gasteiger partial charge on any atom is 0.417 e. The number of fused-ring (bicyclic) bond motifs is 1. The molecule has 0 aliphatic heterocycles. The van der Waals surface area contributed by atoms with Gasteiger partial charge in [0.15, 0.2) is 5.58 Å². The Balaban J connectivity index is 2.13. The predicted molar refractivity (Wildman–Crippen MR) is 77.7 cm³/mol. The molecule has 0 saturated carbocycles. The summed E-state index contributed by atoms with van der Waals surface area (Å²) in [6.07, 6.45) is 2.27. The molecule has 1 aromatic carbocycles. The van der Waals surface area contributed by atoms with E-state index in [1.807, 2.05) is 11.0 Å². The van der Waals surface area contributed by atoms with Crippen molar-refractivity contribution in [2.45, 2.75) is 33.1 Å². The van der Waals surface area contributed by atoms with E-state index >= 15 is 0 Å². The van der Waals surface area contributed by atoms with Crippen LogP contribution in [0.4, 0.5) is 0 Å². The van der Waals surface area contributed by atoms with Crippen LogP contribution in [0, 0.1) is 0 Å². The highest BCUT2D eigenvalue weighted by molar-refractivity contribution is 5.81. The number of nitrogens with zero attached hydrogens (tertiary/aromatic N) is 1. The number of aromatic nitrogens is 1. The third kappa shape index (κ3) is 3.29. The lowest BCUT2D eigenvalue weighted by molar-refractivity contribution is -0.130. The minimum Gasteiger partial charge on any atom is -0.408 e. The number of carbonyl (C=O) groups excluding carboxylic acids is 1. The van der Waals surface area contributed by atoms with Crippen molar-refractivity contribution in [1.29, 1.82) is 0 Å². The van der Waals surface area contributed by atoms with Gasteiger partial charge in [0.2, 0.25) is 5.91 Å². The van der Waals surface area contributed by atoms with Gasteiger partial charge in [-0.15, -0.1) is 0 Å². The van der Waals surface area contributed by atoms with E-state index in [2.05, 4.69) is 18.8 Å². The maximum absolute atomic E-state index is 12.3. The van der Waals surface area contributed by atoms with Crippen LogP contribution in [0.2, 0.25) is 0 Å². The lowest BCUT2D eigenvalue weighted by Gasteiger charge is -2.21. The Morgan fingerprint density at radius 2 is 1.95 bits per heavy atom. The fraction of sp³-hybridized carbons (Fsp3) is 0.467. The van der Waals surface area contributed by atoms with Gasteiger partial charge in [-0.2, -0.15) is 0 Å². The van der Waals surface area contributed by atoms with Crippen LogP contribution in [-0.4, -0.2) is 28.9 Å². The van der Waals surface area contributed by atoms with Crippen molar-refractivity contribution < 1.29 is 9.21 Å². The van der Waals surface area contributed by atoms with Crippen molar-refractivity contribution in [1.82, 2.24) is 9.88 Å². The van der Waals surface area contributed by atoms with Gasteiger partial charge in [-0.25, -0.2) is 4.79 Å². The fourth-order valence-electron chi connectivity index (χ4n) is 2.30. The Hall–Kier alpha value is -2.04. The van der Waals surface area contributed by atoms with Crippen molar-refractivity contribution in [2.75, 3.05) is 13.1 Å². The minimum absolute atomic E-state index is 0.124. The zero-order valence-electron chi connectivity index (χ0n) is 11.9. The van der Waals surface area contributed by atoms with Crippen LogP contribution >= 0.6 is 0 Å². The van der Waals surface area contributed by atoms with Crippen LogP contribution in [0.5, 0.6) is 0 Å². The number of amides is 1. The molecule has 1 aromatic heterocycles. The summed E-state index contributed by atoms with van der Waals surface area (Å²) < 4.78 is 4.95. The van der Waals surface area contributed by atoms with Crippen LogP contribution in [0.15, 0.2) is 27.4 Å². The van der Waals surface area contributed by atoms with Crippen LogP contribution in [0.1, 0.15) is 32.3 Å². The zero-order chi connectivity index (χ0) is 14.5. The summed E-state index contributed by atoms with van der Waals surface area (Å²) in [5.41, 5.74) is 2.04. The molecule has 1 N–H and O–H groups in total. The van der Waals surface area contributed by atoms with Gasteiger partial charge in [-0.05, 0) is 30.5 Å². The van der Waals surface area contributed by atoms with Crippen LogP contribution in [0.3, 0.4) is 0 Å².